The molecule has 0 radical (unpaired) electrons. The zero-order valence-corrected chi connectivity index (χ0v) is 16.9. The SMILES string of the molecule is Cc1nc(NC(=O)CCNC(=O)NCc2ccccc2)sc1-c1nccn1C(F)F. The van der Waals surface area contributed by atoms with Gasteiger partial charge in [-0.3, -0.25) is 9.36 Å². The monoisotopic (exact) mass is 434 g/mol. The Morgan fingerprint density at radius 1 is 1.20 bits per heavy atom. The van der Waals surface area contributed by atoms with Crippen molar-refractivity contribution >= 4 is 28.4 Å². The van der Waals surface area contributed by atoms with Crippen LogP contribution in [0.2, 0.25) is 0 Å². The van der Waals surface area contributed by atoms with E-state index in [0.29, 0.717) is 17.1 Å². The van der Waals surface area contributed by atoms with E-state index in [9.17, 15) is 18.4 Å². The molecule has 0 saturated carbocycles. The molecule has 3 rings (SSSR count). The van der Waals surface area contributed by atoms with Gasteiger partial charge >= 0.3 is 12.6 Å². The molecule has 3 aromatic rings. The average molecular weight is 434 g/mol. The molecule has 0 unspecified atom stereocenters. The van der Waals surface area contributed by atoms with Crippen molar-refractivity contribution in [3.05, 3.63) is 54.0 Å². The molecule has 30 heavy (non-hydrogen) atoms. The maximum Gasteiger partial charge on any atom is 0.320 e. The number of thiazole rings is 1. The predicted molar refractivity (Wildman–Crippen MR) is 109 cm³/mol. The van der Waals surface area contributed by atoms with E-state index in [1.54, 1.807) is 6.92 Å². The summed E-state index contributed by atoms with van der Waals surface area (Å²) in [5.74, 6) is -0.256. The van der Waals surface area contributed by atoms with Gasteiger partial charge in [0.1, 0.15) is 0 Å². The number of nitrogens with one attached hydrogen (secondary N) is 3. The first-order valence-electron chi connectivity index (χ1n) is 9.08. The van der Waals surface area contributed by atoms with Crippen LogP contribution in [0.15, 0.2) is 42.7 Å². The van der Waals surface area contributed by atoms with Gasteiger partial charge in [0.25, 0.3) is 0 Å². The zero-order chi connectivity index (χ0) is 21.5. The van der Waals surface area contributed by atoms with Gasteiger partial charge in [-0.2, -0.15) is 8.78 Å². The third kappa shape index (κ3) is 5.60. The highest BCUT2D eigenvalue weighted by atomic mass is 32.1. The van der Waals surface area contributed by atoms with Crippen LogP contribution in [0.5, 0.6) is 0 Å². The van der Waals surface area contributed by atoms with Crippen LogP contribution in [0.1, 0.15) is 24.2 Å². The lowest BCUT2D eigenvalue weighted by atomic mass is 10.2. The van der Waals surface area contributed by atoms with Crippen molar-refractivity contribution in [3.63, 3.8) is 0 Å². The lowest BCUT2D eigenvalue weighted by Crippen LogP contribution is -2.36. The van der Waals surface area contributed by atoms with Crippen molar-refractivity contribution in [1.82, 2.24) is 25.2 Å². The number of urea groups is 1. The summed E-state index contributed by atoms with van der Waals surface area (Å²) in [6.45, 7) is -0.542. The van der Waals surface area contributed by atoms with E-state index in [-0.39, 0.29) is 35.9 Å². The number of aromatic nitrogens is 3. The molecule has 2 heterocycles. The number of carbonyl (C=O) groups excluding carboxylic acids is 2. The van der Waals surface area contributed by atoms with E-state index in [1.165, 1.54) is 12.4 Å². The minimum atomic E-state index is -2.72. The summed E-state index contributed by atoms with van der Waals surface area (Å²) in [6.07, 6.45) is 2.51. The van der Waals surface area contributed by atoms with Crippen LogP contribution in [-0.2, 0) is 11.3 Å². The second kappa shape index (κ2) is 9.92. The number of alkyl halides is 2. The molecule has 3 amide bonds. The number of halogens is 2. The highest BCUT2D eigenvalue weighted by Gasteiger charge is 2.19. The first-order chi connectivity index (χ1) is 14.4. The lowest BCUT2D eigenvalue weighted by Gasteiger charge is -2.07. The quantitative estimate of drug-likeness (QED) is 0.505. The largest absolute Gasteiger partial charge is 0.338 e. The summed E-state index contributed by atoms with van der Waals surface area (Å²) < 4.78 is 26.8. The number of rotatable bonds is 8. The van der Waals surface area contributed by atoms with Gasteiger partial charge in [-0.15, -0.1) is 0 Å². The van der Waals surface area contributed by atoms with Crippen LogP contribution in [0.25, 0.3) is 10.7 Å². The van der Waals surface area contributed by atoms with Crippen molar-refractivity contribution in [2.45, 2.75) is 26.4 Å². The highest BCUT2D eigenvalue weighted by molar-refractivity contribution is 7.19. The number of aryl methyl sites for hydroxylation is 1. The fraction of sp³-hybridized carbons (Fsp3) is 0.263. The van der Waals surface area contributed by atoms with Crippen LogP contribution in [0, 0.1) is 6.92 Å². The van der Waals surface area contributed by atoms with Crippen LogP contribution >= 0.6 is 11.3 Å². The Bertz CT molecular complexity index is 1010. The molecule has 3 N–H and O–H groups in total. The van der Waals surface area contributed by atoms with Gasteiger partial charge in [0.05, 0.1) is 10.6 Å². The molecule has 0 bridgehead atoms. The number of nitrogens with zero attached hydrogens (tertiary/aromatic N) is 3. The molecular weight excluding hydrogens is 414 g/mol. The molecule has 1 aromatic carbocycles. The van der Waals surface area contributed by atoms with E-state index in [4.69, 9.17) is 0 Å². The van der Waals surface area contributed by atoms with E-state index in [1.807, 2.05) is 30.3 Å². The molecule has 0 saturated heterocycles. The van der Waals surface area contributed by atoms with E-state index in [0.717, 1.165) is 21.5 Å². The van der Waals surface area contributed by atoms with E-state index in [2.05, 4.69) is 25.9 Å². The minimum Gasteiger partial charge on any atom is -0.338 e. The van der Waals surface area contributed by atoms with Gasteiger partial charge < -0.3 is 16.0 Å². The van der Waals surface area contributed by atoms with Crippen molar-refractivity contribution in [2.24, 2.45) is 0 Å². The Morgan fingerprint density at radius 3 is 2.70 bits per heavy atom. The molecule has 2 aromatic heterocycles. The maximum atomic E-state index is 13.0. The first-order valence-corrected chi connectivity index (χ1v) is 9.90. The van der Waals surface area contributed by atoms with Crippen LogP contribution < -0.4 is 16.0 Å². The number of hydrogen-bond donors (Lipinski definition) is 3. The molecule has 0 aliphatic heterocycles. The molecule has 0 fully saturated rings. The summed E-state index contributed by atoms with van der Waals surface area (Å²) >= 11 is 1.06. The summed E-state index contributed by atoms with van der Waals surface area (Å²) in [5.41, 5.74) is 1.45. The van der Waals surface area contributed by atoms with E-state index < -0.39 is 6.55 Å². The van der Waals surface area contributed by atoms with Gasteiger partial charge in [-0.1, -0.05) is 41.7 Å². The normalized spacial score (nSPS) is 10.8. The molecule has 0 aliphatic rings. The van der Waals surface area contributed by atoms with Gasteiger partial charge in [-0.25, -0.2) is 14.8 Å². The average Bonchev–Trinajstić information content (AvgIpc) is 3.33. The molecule has 0 spiro atoms. The Kier molecular flexibility index (Phi) is 7.07. The summed E-state index contributed by atoms with van der Waals surface area (Å²) in [7, 11) is 0. The number of hydrogen-bond acceptors (Lipinski definition) is 5. The van der Waals surface area contributed by atoms with Gasteiger partial charge in [-0.05, 0) is 12.5 Å². The van der Waals surface area contributed by atoms with Crippen molar-refractivity contribution in [1.29, 1.82) is 0 Å². The molecule has 0 aliphatic carbocycles. The van der Waals surface area contributed by atoms with Gasteiger partial charge in [0.2, 0.25) is 5.91 Å². The fourth-order valence-corrected chi connectivity index (χ4v) is 3.60. The Labute approximate surface area is 175 Å². The maximum absolute atomic E-state index is 13.0. The van der Waals surface area contributed by atoms with Crippen LogP contribution in [-0.4, -0.2) is 33.0 Å². The Hall–Kier alpha value is -3.34. The number of benzene rings is 1. The third-order valence-electron chi connectivity index (χ3n) is 4.06. The predicted octanol–water partition coefficient (Wildman–Crippen LogP) is 3.54. The topological polar surface area (TPSA) is 101 Å². The summed E-state index contributed by atoms with van der Waals surface area (Å²) in [4.78, 5) is 32.5. The molecule has 158 valence electrons. The number of anilines is 1. The molecular formula is C19H20F2N6O2S. The van der Waals surface area contributed by atoms with Crippen molar-refractivity contribution in [2.75, 3.05) is 11.9 Å². The zero-order valence-electron chi connectivity index (χ0n) is 16.1. The molecule has 11 heteroatoms. The van der Waals surface area contributed by atoms with E-state index >= 15 is 0 Å². The standard InChI is InChI=1S/C19H20F2N6O2S/c1-12-15(16-22-9-10-27(16)17(20)21)30-19(25-12)26-14(28)7-8-23-18(29)24-11-13-5-3-2-4-6-13/h2-6,9-10,17H,7-8,11H2,1H3,(H2,23,24,29)(H,25,26,28). The first kappa shape index (κ1) is 21.4. The van der Waals surface area contributed by atoms with Crippen molar-refractivity contribution in [3.8, 4) is 10.7 Å². The van der Waals surface area contributed by atoms with Crippen LogP contribution in [0.3, 0.4) is 0 Å². The van der Waals surface area contributed by atoms with Crippen LogP contribution in [0.4, 0.5) is 18.7 Å². The van der Waals surface area contributed by atoms with Gasteiger partial charge in [0.15, 0.2) is 11.0 Å². The molecule has 8 nitrogen and oxygen atoms in total. The molecule has 0 atom stereocenters. The Morgan fingerprint density at radius 2 is 1.97 bits per heavy atom. The number of imidazole rings is 1. The fourth-order valence-electron chi connectivity index (χ4n) is 2.62. The smallest absolute Gasteiger partial charge is 0.320 e. The second-order valence-corrected chi connectivity index (χ2v) is 7.26. The number of carbonyl (C=O) groups is 2. The van der Waals surface area contributed by atoms with Gasteiger partial charge in [0, 0.05) is 31.9 Å². The summed E-state index contributed by atoms with van der Waals surface area (Å²) in [5, 5.41) is 8.20. The lowest BCUT2D eigenvalue weighted by molar-refractivity contribution is -0.116. The third-order valence-corrected chi connectivity index (χ3v) is 5.13. The second-order valence-electron chi connectivity index (χ2n) is 6.26. The number of amides is 3. The minimum absolute atomic E-state index is 0.0401. The highest BCUT2D eigenvalue weighted by Crippen LogP contribution is 2.33. The Balaban J connectivity index is 1.46. The summed E-state index contributed by atoms with van der Waals surface area (Å²) in [6, 6.07) is 9.06. The van der Waals surface area contributed by atoms with Crippen molar-refractivity contribution < 1.29 is 18.4 Å².